The summed E-state index contributed by atoms with van der Waals surface area (Å²) in [4.78, 5) is 13.0. The number of likely N-dealkylation sites (tertiary alicyclic amines) is 1. The van der Waals surface area contributed by atoms with Crippen LogP contribution >= 0.6 is 24.0 Å². The van der Waals surface area contributed by atoms with E-state index in [1.54, 1.807) is 12.1 Å². The molecule has 1 aliphatic rings. The SMILES string of the molecule is Cl.O=C(O)CN1CCCCC1COc1ccc(Oc2ccc(Cl)cc2)cc1. The first kappa shape index (κ1) is 21.4. The van der Waals surface area contributed by atoms with Crippen molar-refractivity contribution >= 4 is 30.0 Å². The van der Waals surface area contributed by atoms with Gasteiger partial charge in [0.25, 0.3) is 0 Å². The highest BCUT2D eigenvalue weighted by Crippen LogP contribution is 2.25. The lowest BCUT2D eigenvalue weighted by Crippen LogP contribution is -2.45. The Hall–Kier alpha value is -1.95. The highest BCUT2D eigenvalue weighted by Gasteiger charge is 2.24. The van der Waals surface area contributed by atoms with Crippen LogP contribution in [0.2, 0.25) is 5.02 Å². The second-order valence-electron chi connectivity index (χ2n) is 6.35. The lowest BCUT2D eigenvalue weighted by Gasteiger charge is -2.34. The Bertz CT molecular complexity index is 722. The second-order valence-corrected chi connectivity index (χ2v) is 6.79. The van der Waals surface area contributed by atoms with Crippen LogP contribution in [0.3, 0.4) is 0 Å². The van der Waals surface area contributed by atoms with E-state index in [-0.39, 0.29) is 25.0 Å². The number of hydrogen-bond acceptors (Lipinski definition) is 4. The lowest BCUT2D eigenvalue weighted by molar-refractivity contribution is -0.139. The zero-order valence-corrected chi connectivity index (χ0v) is 16.4. The molecule has 1 aliphatic heterocycles. The molecule has 27 heavy (non-hydrogen) atoms. The van der Waals surface area contributed by atoms with Crippen molar-refractivity contribution in [3.8, 4) is 17.2 Å². The molecule has 146 valence electrons. The molecule has 0 aliphatic carbocycles. The van der Waals surface area contributed by atoms with Crippen LogP contribution < -0.4 is 9.47 Å². The summed E-state index contributed by atoms with van der Waals surface area (Å²) in [6, 6.07) is 14.7. The zero-order valence-electron chi connectivity index (χ0n) is 14.8. The van der Waals surface area contributed by atoms with E-state index >= 15 is 0 Å². The van der Waals surface area contributed by atoms with Crippen molar-refractivity contribution in [1.29, 1.82) is 0 Å². The standard InChI is InChI=1S/C20H22ClNO4.ClH/c21-15-4-6-18(7-5-15)26-19-10-8-17(9-11-19)25-14-16-3-1-2-12-22(16)13-20(23)24;/h4-11,16H,1-3,12-14H2,(H,23,24);1H. The van der Waals surface area contributed by atoms with Crippen molar-refractivity contribution in [3.63, 3.8) is 0 Å². The summed E-state index contributed by atoms with van der Waals surface area (Å²) < 4.78 is 11.6. The van der Waals surface area contributed by atoms with Gasteiger partial charge in [0, 0.05) is 11.1 Å². The Morgan fingerprint density at radius 3 is 2.26 bits per heavy atom. The summed E-state index contributed by atoms with van der Waals surface area (Å²) >= 11 is 5.86. The largest absolute Gasteiger partial charge is 0.492 e. The summed E-state index contributed by atoms with van der Waals surface area (Å²) in [6.07, 6.45) is 3.11. The van der Waals surface area contributed by atoms with Crippen LogP contribution in [0.1, 0.15) is 19.3 Å². The monoisotopic (exact) mass is 411 g/mol. The van der Waals surface area contributed by atoms with Crippen LogP contribution in [0, 0.1) is 0 Å². The number of piperidine rings is 1. The van der Waals surface area contributed by atoms with Gasteiger partial charge in [-0.05, 0) is 67.9 Å². The maximum atomic E-state index is 11.0. The van der Waals surface area contributed by atoms with Crippen LogP contribution in [0.25, 0.3) is 0 Å². The average Bonchev–Trinajstić information content (AvgIpc) is 2.64. The first-order chi connectivity index (χ1) is 12.6. The van der Waals surface area contributed by atoms with Crippen LogP contribution in [0.5, 0.6) is 17.2 Å². The van der Waals surface area contributed by atoms with Crippen molar-refractivity contribution in [2.75, 3.05) is 19.7 Å². The summed E-state index contributed by atoms with van der Waals surface area (Å²) in [5.74, 6) is 1.38. The summed E-state index contributed by atoms with van der Waals surface area (Å²) in [5, 5.41) is 9.70. The van der Waals surface area contributed by atoms with E-state index in [0.717, 1.165) is 37.3 Å². The van der Waals surface area contributed by atoms with Crippen LogP contribution in [-0.2, 0) is 4.79 Å². The summed E-state index contributed by atoms with van der Waals surface area (Å²) in [7, 11) is 0. The van der Waals surface area contributed by atoms with Gasteiger partial charge in [-0.1, -0.05) is 18.0 Å². The molecule has 5 nitrogen and oxygen atoms in total. The first-order valence-electron chi connectivity index (χ1n) is 8.72. The number of carboxylic acid groups (broad SMARTS) is 1. The highest BCUT2D eigenvalue weighted by molar-refractivity contribution is 6.30. The van der Waals surface area contributed by atoms with Crippen LogP contribution in [0.15, 0.2) is 48.5 Å². The van der Waals surface area contributed by atoms with Crippen LogP contribution in [0.4, 0.5) is 0 Å². The normalized spacial score (nSPS) is 17.0. The van der Waals surface area contributed by atoms with E-state index in [9.17, 15) is 4.79 Å². The van der Waals surface area contributed by atoms with Gasteiger partial charge in [0.05, 0.1) is 6.54 Å². The molecule has 1 heterocycles. The Morgan fingerprint density at radius 2 is 1.63 bits per heavy atom. The minimum Gasteiger partial charge on any atom is -0.492 e. The van der Waals surface area contributed by atoms with Crippen molar-refractivity contribution in [1.82, 2.24) is 4.90 Å². The van der Waals surface area contributed by atoms with Gasteiger partial charge in [0.2, 0.25) is 0 Å². The van der Waals surface area contributed by atoms with E-state index in [2.05, 4.69) is 0 Å². The molecule has 0 saturated carbocycles. The Labute approximate surface area is 170 Å². The molecule has 0 aromatic heterocycles. The predicted octanol–water partition coefficient (Wildman–Crippen LogP) is 4.87. The smallest absolute Gasteiger partial charge is 0.317 e. The van der Waals surface area contributed by atoms with E-state index in [4.69, 9.17) is 26.2 Å². The molecule has 2 aromatic rings. The fourth-order valence-corrected chi connectivity index (χ4v) is 3.19. The quantitative estimate of drug-likeness (QED) is 0.703. The molecule has 3 rings (SSSR count). The molecule has 1 saturated heterocycles. The van der Waals surface area contributed by atoms with Crippen molar-refractivity contribution in [2.45, 2.75) is 25.3 Å². The van der Waals surface area contributed by atoms with E-state index in [1.165, 1.54) is 0 Å². The van der Waals surface area contributed by atoms with E-state index in [0.29, 0.717) is 17.4 Å². The fourth-order valence-electron chi connectivity index (χ4n) is 3.07. The maximum Gasteiger partial charge on any atom is 0.317 e. The predicted molar refractivity (Wildman–Crippen MR) is 108 cm³/mol. The zero-order chi connectivity index (χ0) is 18.4. The Balaban J connectivity index is 0.00000261. The Kier molecular flexibility index (Phi) is 8.23. The number of benzene rings is 2. The third-order valence-electron chi connectivity index (χ3n) is 4.40. The number of carbonyl (C=O) groups is 1. The molecule has 1 atom stereocenters. The van der Waals surface area contributed by atoms with Crippen LogP contribution in [-0.4, -0.2) is 41.7 Å². The van der Waals surface area contributed by atoms with E-state index in [1.807, 2.05) is 41.3 Å². The Morgan fingerprint density at radius 1 is 1.04 bits per heavy atom. The molecule has 1 fully saturated rings. The van der Waals surface area contributed by atoms with Gasteiger partial charge in [0.1, 0.15) is 23.9 Å². The molecule has 1 unspecified atom stereocenters. The van der Waals surface area contributed by atoms with Gasteiger partial charge in [-0.3, -0.25) is 9.69 Å². The van der Waals surface area contributed by atoms with Gasteiger partial charge < -0.3 is 14.6 Å². The van der Waals surface area contributed by atoms with Gasteiger partial charge >= 0.3 is 5.97 Å². The van der Waals surface area contributed by atoms with Gasteiger partial charge in [-0.15, -0.1) is 12.4 Å². The molecular weight excluding hydrogens is 389 g/mol. The molecule has 0 amide bonds. The average molecular weight is 412 g/mol. The van der Waals surface area contributed by atoms with Gasteiger partial charge in [0.15, 0.2) is 0 Å². The summed E-state index contributed by atoms with van der Waals surface area (Å²) in [5.41, 5.74) is 0. The number of carboxylic acids is 1. The number of aliphatic carboxylic acids is 1. The molecule has 0 bridgehead atoms. The molecule has 0 radical (unpaired) electrons. The van der Waals surface area contributed by atoms with Crippen molar-refractivity contribution in [3.05, 3.63) is 53.6 Å². The molecule has 0 spiro atoms. The maximum absolute atomic E-state index is 11.0. The lowest BCUT2D eigenvalue weighted by atomic mass is 10.0. The molecule has 2 aromatic carbocycles. The number of nitrogens with zero attached hydrogens (tertiary/aromatic N) is 1. The van der Waals surface area contributed by atoms with Gasteiger partial charge in [-0.2, -0.15) is 0 Å². The number of halogens is 2. The minimum absolute atomic E-state index is 0. The molecule has 7 heteroatoms. The van der Waals surface area contributed by atoms with E-state index < -0.39 is 5.97 Å². The number of hydrogen-bond donors (Lipinski definition) is 1. The first-order valence-corrected chi connectivity index (χ1v) is 9.10. The topological polar surface area (TPSA) is 59.0 Å². The number of ether oxygens (including phenoxy) is 2. The van der Waals surface area contributed by atoms with Crippen molar-refractivity contribution < 1.29 is 19.4 Å². The fraction of sp³-hybridized carbons (Fsp3) is 0.350. The number of rotatable bonds is 7. The van der Waals surface area contributed by atoms with Crippen molar-refractivity contribution in [2.24, 2.45) is 0 Å². The molecule has 1 N–H and O–H groups in total. The second kappa shape index (κ2) is 10.4. The summed E-state index contributed by atoms with van der Waals surface area (Å²) in [6.45, 7) is 1.38. The highest BCUT2D eigenvalue weighted by atomic mass is 35.5. The minimum atomic E-state index is -0.791. The molecular formula is C20H23Cl2NO4. The third kappa shape index (κ3) is 6.61. The third-order valence-corrected chi connectivity index (χ3v) is 4.65. The van der Waals surface area contributed by atoms with Gasteiger partial charge in [-0.25, -0.2) is 0 Å².